The minimum Gasteiger partial charge on any atom is -0.465 e. The molecular weight excluding hydrogens is 423 g/mol. The van der Waals surface area contributed by atoms with Crippen molar-refractivity contribution in [3.05, 3.63) is 31.1 Å². The Labute approximate surface area is 116 Å². The number of benzene rings is 1. The average molecular weight is 427 g/mol. The maximum absolute atomic E-state index is 13.6. The minimum absolute atomic E-state index is 0.259. The van der Waals surface area contributed by atoms with Gasteiger partial charge >= 0.3 is 12.1 Å². The van der Waals surface area contributed by atoms with E-state index in [1.165, 1.54) is 22.6 Å². The monoisotopic (exact) mass is 426 g/mol. The maximum Gasteiger partial charge on any atom is 0.420 e. The number of carbonyl (C=O) groups is 1. The van der Waals surface area contributed by atoms with Gasteiger partial charge in [-0.25, -0.2) is 9.18 Å². The van der Waals surface area contributed by atoms with Gasteiger partial charge in [-0.1, -0.05) is 15.9 Å². The van der Waals surface area contributed by atoms with E-state index in [0.717, 1.165) is 13.2 Å². The molecule has 1 aromatic carbocycles. The molecule has 0 aliphatic heterocycles. The molecule has 0 aliphatic rings. The lowest BCUT2D eigenvalue weighted by atomic mass is 10.1. The summed E-state index contributed by atoms with van der Waals surface area (Å²) in [6, 6.07) is 0.888. The van der Waals surface area contributed by atoms with Crippen molar-refractivity contribution in [3.63, 3.8) is 0 Å². The number of ether oxygens (including phenoxy) is 1. The van der Waals surface area contributed by atoms with E-state index in [9.17, 15) is 22.4 Å². The van der Waals surface area contributed by atoms with E-state index in [-0.39, 0.29) is 5.56 Å². The van der Waals surface area contributed by atoms with Crippen molar-refractivity contribution in [2.45, 2.75) is 6.18 Å². The van der Waals surface area contributed by atoms with Gasteiger partial charge in [0.05, 0.1) is 16.2 Å². The molecule has 0 amide bonds. The lowest BCUT2D eigenvalue weighted by Crippen LogP contribution is -2.14. The number of halogens is 6. The van der Waals surface area contributed by atoms with Crippen LogP contribution in [0.2, 0.25) is 0 Å². The third-order valence-electron chi connectivity index (χ3n) is 1.85. The Balaban J connectivity index is 3.53. The van der Waals surface area contributed by atoms with Crippen molar-refractivity contribution in [2.75, 3.05) is 7.11 Å². The Morgan fingerprint density at radius 1 is 1.47 bits per heavy atom. The second-order valence-corrected chi connectivity index (χ2v) is 4.83. The number of rotatable bonds is 1. The molecule has 0 radical (unpaired) electrons. The van der Waals surface area contributed by atoms with Crippen molar-refractivity contribution in [3.8, 4) is 0 Å². The summed E-state index contributed by atoms with van der Waals surface area (Å²) in [5, 5.41) is 0. The van der Waals surface area contributed by atoms with Crippen molar-refractivity contribution in [2.24, 2.45) is 0 Å². The third-order valence-corrected chi connectivity index (χ3v) is 3.53. The topological polar surface area (TPSA) is 26.3 Å². The van der Waals surface area contributed by atoms with E-state index in [1.807, 2.05) is 0 Å². The second kappa shape index (κ2) is 5.09. The number of hydrogen-bond acceptors (Lipinski definition) is 2. The standard InChI is InChI=1S/C9H4BrF4IO2/c1-17-8(16)3-2-4(10)5(9(12,13)14)6(11)7(3)15/h2H,1H3. The van der Waals surface area contributed by atoms with Gasteiger partial charge < -0.3 is 4.74 Å². The fourth-order valence-corrected chi connectivity index (χ4v) is 2.39. The van der Waals surface area contributed by atoms with E-state index in [4.69, 9.17) is 0 Å². The Kier molecular flexibility index (Phi) is 4.39. The molecule has 0 heterocycles. The number of methoxy groups -OCH3 is 1. The zero-order chi connectivity index (χ0) is 13.4. The largest absolute Gasteiger partial charge is 0.465 e. The SMILES string of the molecule is COC(=O)c1cc(Br)c(C(F)(F)F)c(F)c1I. The summed E-state index contributed by atoms with van der Waals surface area (Å²) in [5.74, 6) is -2.39. The van der Waals surface area contributed by atoms with Crippen molar-refractivity contribution in [1.82, 2.24) is 0 Å². The average Bonchev–Trinajstić information content (AvgIpc) is 2.20. The van der Waals surface area contributed by atoms with E-state index in [2.05, 4.69) is 20.7 Å². The molecule has 0 unspecified atom stereocenters. The van der Waals surface area contributed by atoms with E-state index >= 15 is 0 Å². The van der Waals surface area contributed by atoms with Crippen LogP contribution in [0.4, 0.5) is 17.6 Å². The summed E-state index contributed by atoms with van der Waals surface area (Å²) in [7, 11) is 1.06. The van der Waals surface area contributed by atoms with Gasteiger partial charge in [-0.05, 0) is 28.7 Å². The molecule has 0 bridgehead atoms. The number of alkyl halides is 3. The summed E-state index contributed by atoms with van der Waals surface area (Å²) in [6.45, 7) is 0. The molecular formula is C9H4BrF4IO2. The smallest absolute Gasteiger partial charge is 0.420 e. The highest BCUT2D eigenvalue weighted by atomic mass is 127. The van der Waals surface area contributed by atoms with E-state index in [1.54, 1.807) is 0 Å². The molecule has 0 aromatic heterocycles. The Bertz CT molecular complexity index is 473. The van der Waals surface area contributed by atoms with Crippen LogP contribution in [0.15, 0.2) is 10.5 Å². The molecule has 94 valence electrons. The molecule has 1 rings (SSSR count). The third kappa shape index (κ3) is 2.90. The first-order valence-electron chi connectivity index (χ1n) is 4.03. The summed E-state index contributed by atoms with van der Waals surface area (Å²) in [5.41, 5.74) is -1.69. The first kappa shape index (κ1) is 14.7. The summed E-state index contributed by atoms with van der Waals surface area (Å²) in [4.78, 5) is 11.2. The predicted molar refractivity (Wildman–Crippen MR) is 63.2 cm³/mol. The molecule has 2 nitrogen and oxygen atoms in total. The first-order valence-corrected chi connectivity index (χ1v) is 5.90. The van der Waals surface area contributed by atoms with Gasteiger partial charge in [-0.15, -0.1) is 0 Å². The van der Waals surface area contributed by atoms with Crippen LogP contribution < -0.4 is 0 Å². The van der Waals surface area contributed by atoms with Gasteiger partial charge in [0, 0.05) is 4.47 Å². The van der Waals surface area contributed by atoms with Crippen LogP contribution in [0.25, 0.3) is 0 Å². The van der Waals surface area contributed by atoms with Crippen LogP contribution in [0.1, 0.15) is 15.9 Å². The first-order chi connectivity index (χ1) is 7.70. The van der Waals surface area contributed by atoms with Gasteiger partial charge in [0.2, 0.25) is 0 Å². The van der Waals surface area contributed by atoms with Crippen LogP contribution >= 0.6 is 38.5 Å². The summed E-state index contributed by atoms with van der Waals surface area (Å²) < 4.78 is 54.5. The van der Waals surface area contributed by atoms with Crippen LogP contribution in [-0.4, -0.2) is 13.1 Å². The number of carbonyl (C=O) groups excluding carboxylic acids is 1. The van der Waals surface area contributed by atoms with Gasteiger partial charge in [0.1, 0.15) is 5.56 Å². The molecule has 0 saturated heterocycles. The lowest BCUT2D eigenvalue weighted by Gasteiger charge is -2.13. The summed E-state index contributed by atoms with van der Waals surface area (Å²) >= 11 is 3.92. The molecule has 0 fully saturated rings. The van der Waals surface area contributed by atoms with Crippen LogP contribution in [0.5, 0.6) is 0 Å². The van der Waals surface area contributed by atoms with Gasteiger partial charge in [-0.3, -0.25) is 0 Å². The molecule has 0 atom stereocenters. The molecule has 0 spiro atoms. The summed E-state index contributed by atoms with van der Waals surface area (Å²) in [6.07, 6.45) is -4.84. The Morgan fingerprint density at radius 3 is 2.41 bits per heavy atom. The second-order valence-electron chi connectivity index (χ2n) is 2.90. The highest BCUT2D eigenvalue weighted by molar-refractivity contribution is 14.1. The molecule has 0 N–H and O–H groups in total. The van der Waals surface area contributed by atoms with Crippen LogP contribution in [0.3, 0.4) is 0 Å². The fraction of sp³-hybridized carbons (Fsp3) is 0.222. The normalized spacial score (nSPS) is 11.5. The number of esters is 1. The zero-order valence-electron chi connectivity index (χ0n) is 8.16. The lowest BCUT2D eigenvalue weighted by molar-refractivity contribution is -0.140. The van der Waals surface area contributed by atoms with Gasteiger partial charge in [0.15, 0.2) is 5.82 Å². The van der Waals surface area contributed by atoms with Crippen molar-refractivity contribution >= 4 is 44.5 Å². The molecule has 17 heavy (non-hydrogen) atoms. The minimum atomic E-state index is -4.84. The van der Waals surface area contributed by atoms with Gasteiger partial charge in [0.25, 0.3) is 0 Å². The highest BCUT2D eigenvalue weighted by Crippen LogP contribution is 2.39. The Morgan fingerprint density at radius 2 is 2.00 bits per heavy atom. The predicted octanol–water partition coefficient (Wildman–Crippen LogP) is 4.00. The van der Waals surface area contributed by atoms with Crippen molar-refractivity contribution < 1.29 is 27.1 Å². The molecule has 0 saturated carbocycles. The quantitative estimate of drug-likeness (QED) is 0.294. The van der Waals surface area contributed by atoms with E-state index < -0.39 is 31.6 Å². The number of hydrogen-bond donors (Lipinski definition) is 0. The fourth-order valence-electron chi connectivity index (χ4n) is 1.11. The maximum atomic E-state index is 13.6. The van der Waals surface area contributed by atoms with Crippen LogP contribution in [0, 0.1) is 9.39 Å². The van der Waals surface area contributed by atoms with Crippen molar-refractivity contribution in [1.29, 1.82) is 0 Å². The van der Waals surface area contributed by atoms with E-state index in [0.29, 0.717) is 0 Å². The Hall–Kier alpha value is -0.380. The zero-order valence-corrected chi connectivity index (χ0v) is 11.9. The van der Waals surface area contributed by atoms with Crippen LogP contribution in [-0.2, 0) is 10.9 Å². The van der Waals surface area contributed by atoms with Gasteiger partial charge in [-0.2, -0.15) is 13.2 Å². The molecule has 1 aromatic rings. The highest BCUT2D eigenvalue weighted by Gasteiger charge is 2.38. The molecule has 8 heteroatoms. The molecule has 0 aliphatic carbocycles.